The maximum atomic E-state index is 12.8. The van der Waals surface area contributed by atoms with E-state index in [-0.39, 0.29) is 11.0 Å². The molecular weight excluding hydrogens is 258 g/mol. The highest BCUT2D eigenvalue weighted by atomic mass is 16.1. The number of hydrogen-bond donors (Lipinski definition) is 0. The molecule has 1 aromatic rings. The van der Waals surface area contributed by atoms with Gasteiger partial charge in [-0.3, -0.25) is 9.69 Å². The Morgan fingerprint density at radius 2 is 1.90 bits per heavy atom. The van der Waals surface area contributed by atoms with Crippen LogP contribution in [-0.2, 0) is 4.79 Å². The van der Waals surface area contributed by atoms with Gasteiger partial charge in [-0.1, -0.05) is 49.2 Å². The molecule has 0 amide bonds. The number of nitrogens with zero attached hydrogens (tertiary/aromatic N) is 1. The van der Waals surface area contributed by atoms with Crippen molar-refractivity contribution in [1.82, 2.24) is 4.90 Å². The lowest BCUT2D eigenvalue weighted by Gasteiger charge is -2.43. The smallest absolute Gasteiger partial charge is 0.145 e. The lowest BCUT2D eigenvalue weighted by atomic mass is 9.68. The van der Waals surface area contributed by atoms with Crippen LogP contribution in [0.15, 0.2) is 36.4 Å². The van der Waals surface area contributed by atoms with Crippen LogP contribution in [0, 0.1) is 11.3 Å². The zero-order valence-corrected chi connectivity index (χ0v) is 12.9. The Morgan fingerprint density at radius 3 is 2.62 bits per heavy atom. The molecule has 0 aliphatic heterocycles. The zero-order chi connectivity index (χ0) is 14.7. The molecule has 0 spiro atoms. The fourth-order valence-electron chi connectivity index (χ4n) is 5.31. The molecule has 3 aliphatic carbocycles. The van der Waals surface area contributed by atoms with Crippen LogP contribution >= 0.6 is 0 Å². The van der Waals surface area contributed by atoms with E-state index in [0.29, 0.717) is 18.1 Å². The summed E-state index contributed by atoms with van der Waals surface area (Å²) in [4.78, 5) is 15.1. The lowest BCUT2D eigenvalue weighted by Crippen LogP contribution is -2.48. The number of benzene rings is 1. The molecule has 110 valence electrons. The van der Waals surface area contributed by atoms with Gasteiger partial charge in [-0.25, -0.2) is 0 Å². The molecule has 0 heterocycles. The number of hydrogen-bond acceptors (Lipinski definition) is 2. The van der Waals surface area contributed by atoms with Gasteiger partial charge in [-0.15, -0.1) is 0 Å². The van der Waals surface area contributed by atoms with Gasteiger partial charge in [-0.05, 0) is 44.0 Å². The zero-order valence-electron chi connectivity index (χ0n) is 12.9. The summed E-state index contributed by atoms with van der Waals surface area (Å²) in [6, 6.07) is 10.7. The highest BCUT2D eigenvalue weighted by Gasteiger charge is 2.68. The summed E-state index contributed by atoms with van der Waals surface area (Å²) in [6.07, 6.45) is 7.78. The van der Waals surface area contributed by atoms with Gasteiger partial charge < -0.3 is 0 Å². The summed E-state index contributed by atoms with van der Waals surface area (Å²) in [7, 11) is 4.31. The topological polar surface area (TPSA) is 20.3 Å². The van der Waals surface area contributed by atoms with Crippen LogP contribution in [-0.4, -0.2) is 30.3 Å². The third kappa shape index (κ3) is 1.49. The standard InChI is InChI=1S/C19H23NO/c1-20(2)19-13-17(21)18(11-7-6-10-16(18)19)12-15(19)14-8-4-3-5-9-14/h3-5,8-9,12,16H,6-7,10-11,13H2,1-2H3/t16-,18-,19-/m0/s1. The lowest BCUT2D eigenvalue weighted by molar-refractivity contribution is -0.125. The third-order valence-electron chi connectivity index (χ3n) is 6.23. The van der Waals surface area contributed by atoms with Crippen LogP contribution in [0.3, 0.4) is 0 Å². The molecule has 3 aliphatic rings. The number of carbonyl (C=O) groups excluding carboxylic acids is 1. The molecule has 2 heteroatoms. The molecule has 0 radical (unpaired) electrons. The minimum atomic E-state index is -0.159. The summed E-state index contributed by atoms with van der Waals surface area (Å²) in [6.45, 7) is 0. The number of carbonyl (C=O) groups is 1. The van der Waals surface area contributed by atoms with Crippen molar-refractivity contribution >= 4 is 11.4 Å². The van der Waals surface area contributed by atoms with E-state index in [4.69, 9.17) is 0 Å². The highest BCUT2D eigenvalue weighted by molar-refractivity contribution is 6.01. The molecular formula is C19H23NO. The maximum Gasteiger partial charge on any atom is 0.145 e. The molecule has 0 unspecified atom stereocenters. The number of likely N-dealkylation sites (N-methyl/N-ethyl adjacent to an activating group) is 1. The average Bonchev–Trinajstić information content (AvgIpc) is 2.95. The molecule has 1 aromatic carbocycles. The molecule has 2 nitrogen and oxygen atoms in total. The number of Topliss-reactive ketones (excluding diaryl/α,β-unsaturated/α-hetero) is 1. The summed E-state index contributed by atoms with van der Waals surface area (Å²) >= 11 is 0. The molecule has 21 heavy (non-hydrogen) atoms. The Morgan fingerprint density at radius 1 is 1.14 bits per heavy atom. The van der Waals surface area contributed by atoms with Crippen LogP contribution in [0.5, 0.6) is 0 Å². The van der Waals surface area contributed by atoms with Gasteiger partial charge in [0, 0.05) is 6.42 Å². The molecule has 4 rings (SSSR count). The first-order valence-corrected chi connectivity index (χ1v) is 8.11. The molecule has 2 fully saturated rings. The first-order chi connectivity index (χ1) is 10.1. The second-order valence-electron chi connectivity index (χ2n) is 7.18. The Hall–Kier alpha value is -1.41. The Balaban J connectivity index is 1.93. The summed E-state index contributed by atoms with van der Waals surface area (Å²) in [5.74, 6) is 0.969. The van der Waals surface area contributed by atoms with Crippen molar-refractivity contribution in [3.05, 3.63) is 42.0 Å². The first kappa shape index (κ1) is 13.3. The predicted molar refractivity (Wildman–Crippen MR) is 84.9 cm³/mol. The second-order valence-corrected chi connectivity index (χ2v) is 7.18. The van der Waals surface area contributed by atoms with Crippen molar-refractivity contribution in [3.8, 4) is 0 Å². The van der Waals surface area contributed by atoms with Gasteiger partial charge in [0.05, 0.1) is 11.0 Å². The van der Waals surface area contributed by atoms with Gasteiger partial charge in [0.15, 0.2) is 0 Å². The molecule has 0 aromatic heterocycles. The summed E-state index contributed by atoms with van der Waals surface area (Å²) < 4.78 is 0. The highest BCUT2D eigenvalue weighted by Crippen LogP contribution is 2.66. The normalized spacial score (nSPS) is 37.8. The van der Waals surface area contributed by atoms with E-state index in [2.05, 4.69) is 55.4 Å². The summed E-state index contributed by atoms with van der Waals surface area (Å²) in [5.41, 5.74) is 2.47. The van der Waals surface area contributed by atoms with Crippen molar-refractivity contribution < 1.29 is 4.79 Å². The van der Waals surface area contributed by atoms with E-state index in [9.17, 15) is 4.79 Å². The number of ketones is 1. The molecule has 2 saturated carbocycles. The fourth-order valence-corrected chi connectivity index (χ4v) is 5.31. The summed E-state index contributed by atoms with van der Waals surface area (Å²) in [5, 5.41) is 0. The molecule has 2 bridgehead atoms. The van der Waals surface area contributed by atoms with E-state index in [0.717, 1.165) is 6.42 Å². The minimum Gasteiger partial charge on any atom is -0.299 e. The maximum absolute atomic E-state index is 12.8. The van der Waals surface area contributed by atoms with Crippen molar-refractivity contribution in [2.75, 3.05) is 14.1 Å². The van der Waals surface area contributed by atoms with E-state index in [1.54, 1.807) is 0 Å². The van der Waals surface area contributed by atoms with E-state index < -0.39 is 0 Å². The number of rotatable bonds is 2. The largest absolute Gasteiger partial charge is 0.299 e. The van der Waals surface area contributed by atoms with Gasteiger partial charge in [0.1, 0.15) is 5.78 Å². The van der Waals surface area contributed by atoms with Crippen molar-refractivity contribution in [3.63, 3.8) is 0 Å². The van der Waals surface area contributed by atoms with Gasteiger partial charge in [0.25, 0.3) is 0 Å². The predicted octanol–water partition coefficient (Wildman–Crippen LogP) is 3.53. The third-order valence-corrected chi connectivity index (χ3v) is 6.23. The minimum absolute atomic E-state index is 0.0706. The van der Waals surface area contributed by atoms with Crippen molar-refractivity contribution in [1.29, 1.82) is 0 Å². The first-order valence-electron chi connectivity index (χ1n) is 8.11. The monoisotopic (exact) mass is 281 g/mol. The van der Waals surface area contributed by atoms with Crippen LogP contribution in [0.25, 0.3) is 5.57 Å². The van der Waals surface area contributed by atoms with Crippen molar-refractivity contribution in [2.24, 2.45) is 11.3 Å². The number of allylic oxidation sites excluding steroid dienone is 1. The average molecular weight is 281 g/mol. The molecule has 3 atom stereocenters. The van der Waals surface area contributed by atoms with Crippen LogP contribution < -0.4 is 0 Å². The van der Waals surface area contributed by atoms with Crippen LogP contribution in [0.4, 0.5) is 0 Å². The van der Waals surface area contributed by atoms with Crippen molar-refractivity contribution in [2.45, 2.75) is 37.6 Å². The quantitative estimate of drug-likeness (QED) is 0.826. The van der Waals surface area contributed by atoms with E-state index in [1.165, 1.54) is 30.4 Å². The fraction of sp³-hybridized carbons (Fsp3) is 0.526. The van der Waals surface area contributed by atoms with Gasteiger partial charge in [0.2, 0.25) is 0 Å². The Bertz CT molecular complexity index is 618. The van der Waals surface area contributed by atoms with Crippen LogP contribution in [0.1, 0.15) is 37.7 Å². The van der Waals surface area contributed by atoms with Gasteiger partial charge >= 0.3 is 0 Å². The van der Waals surface area contributed by atoms with Gasteiger partial charge in [-0.2, -0.15) is 0 Å². The Labute approximate surface area is 126 Å². The molecule has 0 saturated heterocycles. The van der Waals surface area contributed by atoms with E-state index in [1.807, 2.05) is 0 Å². The Kier molecular flexibility index (Phi) is 2.71. The van der Waals surface area contributed by atoms with E-state index >= 15 is 0 Å². The second kappa shape index (κ2) is 4.30. The molecule has 0 N–H and O–H groups in total. The SMILES string of the molecule is CN(C)[C@@]12CC(=O)[C@]3(C=C1c1ccccc1)CCCC[C@@H]32. The van der Waals surface area contributed by atoms with Crippen LogP contribution in [0.2, 0.25) is 0 Å².